The maximum absolute atomic E-state index is 5.54. The van der Waals surface area contributed by atoms with Gasteiger partial charge >= 0.3 is 0 Å². The first-order valence-electron chi connectivity index (χ1n) is 8.49. The lowest BCUT2D eigenvalue weighted by Gasteiger charge is -2.20. The Bertz CT molecular complexity index is 707. The highest BCUT2D eigenvalue weighted by Crippen LogP contribution is 2.43. The molecule has 0 spiro atoms. The second-order valence-electron chi connectivity index (χ2n) is 6.70. The topological polar surface area (TPSA) is 21.3 Å². The van der Waals surface area contributed by atoms with Crippen LogP contribution in [-0.4, -0.2) is 13.7 Å². The SMILES string of the molecule is COc1ccc(-c2ccccc2)cc1NC[C@@H]1C[C@@H]2C=C[C@@H]1C2. The maximum atomic E-state index is 5.54. The number of ether oxygens (including phenoxy) is 1. The molecular formula is C21H23NO. The quantitative estimate of drug-likeness (QED) is 0.786. The van der Waals surface area contributed by atoms with Gasteiger partial charge in [0, 0.05) is 6.54 Å². The van der Waals surface area contributed by atoms with E-state index in [-0.39, 0.29) is 0 Å². The van der Waals surface area contributed by atoms with E-state index in [4.69, 9.17) is 4.74 Å². The van der Waals surface area contributed by atoms with Gasteiger partial charge in [-0.25, -0.2) is 0 Å². The number of benzene rings is 2. The molecule has 2 bridgehead atoms. The van der Waals surface area contributed by atoms with Crippen LogP contribution >= 0.6 is 0 Å². The van der Waals surface area contributed by atoms with Crippen LogP contribution < -0.4 is 10.1 Å². The van der Waals surface area contributed by atoms with Crippen molar-refractivity contribution in [3.8, 4) is 16.9 Å². The normalized spacial score (nSPS) is 24.8. The molecule has 2 aliphatic rings. The summed E-state index contributed by atoms with van der Waals surface area (Å²) in [6, 6.07) is 16.9. The summed E-state index contributed by atoms with van der Waals surface area (Å²) in [5, 5.41) is 3.64. The molecule has 1 saturated carbocycles. The van der Waals surface area contributed by atoms with Crippen molar-refractivity contribution in [1.29, 1.82) is 0 Å². The number of fused-ring (bicyclic) bond motifs is 2. The first-order valence-corrected chi connectivity index (χ1v) is 8.49. The van der Waals surface area contributed by atoms with E-state index in [2.05, 4.69) is 66.0 Å². The van der Waals surface area contributed by atoms with Gasteiger partial charge in [-0.2, -0.15) is 0 Å². The number of hydrogen-bond donors (Lipinski definition) is 1. The minimum Gasteiger partial charge on any atom is -0.495 e. The molecular weight excluding hydrogens is 282 g/mol. The van der Waals surface area contributed by atoms with Gasteiger partial charge in [-0.1, -0.05) is 48.6 Å². The van der Waals surface area contributed by atoms with E-state index in [1.165, 1.54) is 24.0 Å². The van der Waals surface area contributed by atoms with E-state index in [0.29, 0.717) is 0 Å². The molecule has 0 amide bonds. The van der Waals surface area contributed by atoms with Gasteiger partial charge in [0.25, 0.3) is 0 Å². The lowest BCUT2D eigenvalue weighted by molar-refractivity contribution is 0.415. The molecule has 0 radical (unpaired) electrons. The van der Waals surface area contributed by atoms with Crippen LogP contribution in [0.3, 0.4) is 0 Å². The highest BCUT2D eigenvalue weighted by molar-refractivity contribution is 5.72. The zero-order valence-corrected chi connectivity index (χ0v) is 13.5. The summed E-state index contributed by atoms with van der Waals surface area (Å²) in [6.45, 7) is 1.03. The van der Waals surface area contributed by atoms with Crippen LogP contribution in [0, 0.1) is 17.8 Å². The second-order valence-corrected chi connectivity index (χ2v) is 6.70. The van der Waals surface area contributed by atoms with Crippen molar-refractivity contribution in [3.63, 3.8) is 0 Å². The Hall–Kier alpha value is -2.22. The summed E-state index contributed by atoms with van der Waals surface area (Å²) in [7, 11) is 1.74. The number of nitrogens with one attached hydrogen (secondary N) is 1. The molecule has 1 fully saturated rings. The Morgan fingerprint density at radius 2 is 1.87 bits per heavy atom. The number of allylic oxidation sites excluding steroid dienone is 2. The summed E-state index contributed by atoms with van der Waals surface area (Å²) in [5.74, 6) is 3.28. The van der Waals surface area contributed by atoms with Crippen molar-refractivity contribution in [1.82, 2.24) is 0 Å². The average molecular weight is 305 g/mol. The molecule has 0 aliphatic heterocycles. The Morgan fingerprint density at radius 3 is 2.57 bits per heavy atom. The standard InChI is InChI=1S/C21H23NO/c1-23-21-10-9-18(16-5-3-2-4-6-16)13-20(21)22-14-19-12-15-7-8-17(19)11-15/h2-10,13,15,17,19,22H,11-12,14H2,1H3/t15-,17-,19+/m1/s1. The number of hydrogen-bond acceptors (Lipinski definition) is 2. The molecule has 23 heavy (non-hydrogen) atoms. The Morgan fingerprint density at radius 1 is 1.00 bits per heavy atom. The molecule has 0 saturated heterocycles. The third kappa shape index (κ3) is 2.86. The van der Waals surface area contributed by atoms with Crippen LogP contribution in [0.15, 0.2) is 60.7 Å². The lowest BCUT2D eigenvalue weighted by atomic mass is 9.93. The predicted octanol–water partition coefficient (Wildman–Crippen LogP) is 4.99. The van der Waals surface area contributed by atoms with Gasteiger partial charge in [-0.05, 0) is 53.9 Å². The van der Waals surface area contributed by atoms with E-state index < -0.39 is 0 Å². The van der Waals surface area contributed by atoms with Gasteiger partial charge in [0.15, 0.2) is 0 Å². The van der Waals surface area contributed by atoms with Crippen molar-refractivity contribution < 1.29 is 4.74 Å². The molecule has 3 atom stereocenters. The monoisotopic (exact) mass is 305 g/mol. The Labute approximate surface area is 138 Å². The molecule has 2 aromatic rings. The number of anilines is 1. The lowest BCUT2D eigenvalue weighted by Crippen LogP contribution is -2.18. The van der Waals surface area contributed by atoms with Crippen molar-refractivity contribution in [2.24, 2.45) is 17.8 Å². The fourth-order valence-electron chi connectivity index (χ4n) is 4.03. The molecule has 2 nitrogen and oxygen atoms in total. The van der Waals surface area contributed by atoms with Crippen LogP contribution in [0.1, 0.15) is 12.8 Å². The summed E-state index contributed by atoms with van der Waals surface area (Å²) in [4.78, 5) is 0. The summed E-state index contributed by atoms with van der Waals surface area (Å²) in [5.41, 5.74) is 3.56. The summed E-state index contributed by atoms with van der Waals surface area (Å²) < 4.78 is 5.54. The van der Waals surface area contributed by atoms with Crippen LogP contribution in [0.4, 0.5) is 5.69 Å². The van der Waals surface area contributed by atoms with Gasteiger partial charge in [0.2, 0.25) is 0 Å². The smallest absolute Gasteiger partial charge is 0.141 e. The first kappa shape index (κ1) is 14.4. The number of rotatable bonds is 5. The fraction of sp³-hybridized carbons (Fsp3) is 0.333. The highest BCUT2D eigenvalue weighted by Gasteiger charge is 2.35. The molecule has 2 aliphatic carbocycles. The van der Waals surface area contributed by atoms with Gasteiger partial charge in [-0.3, -0.25) is 0 Å². The van der Waals surface area contributed by atoms with Crippen molar-refractivity contribution in [2.45, 2.75) is 12.8 Å². The van der Waals surface area contributed by atoms with E-state index >= 15 is 0 Å². The van der Waals surface area contributed by atoms with E-state index in [1.807, 2.05) is 0 Å². The molecule has 0 aromatic heterocycles. The Balaban J connectivity index is 1.53. The van der Waals surface area contributed by atoms with Crippen LogP contribution in [0.5, 0.6) is 5.75 Å². The molecule has 2 aromatic carbocycles. The molecule has 2 heteroatoms. The first-order chi connectivity index (χ1) is 11.3. The van der Waals surface area contributed by atoms with Crippen molar-refractivity contribution in [2.75, 3.05) is 19.0 Å². The molecule has 0 unspecified atom stereocenters. The maximum Gasteiger partial charge on any atom is 0.141 e. The molecule has 118 valence electrons. The predicted molar refractivity (Wildman–Crippen MR) is 95.8 cm³/mol. The summed E-state index contributed by atoms with van der Waals surface area (Å²) in [6.07, 6.45) is 7.50. The van der Waals surface area contributed by atoms with E-state index in [1.54, 1.807) is 7.11 Å². The van der Waals surface area contributed by atoms with E-state index in [0.717, 1.165) is 35.7 Å². The van der Waals surface area contributed by atoms with Gasteiger partial charge in [-0.15, -0.1) is 0 Å². The van der Waals surface area contributed by atoms with Crippen molar-refractivity contribution in [3.05, 3.63) is 60.7 Å². The van der Waals surface area contributed by atoms with Gasteiger partial charge < -0.3 is 10.1 Å². The minimum atomic E-state index is 0.759. The molecule has 4 rings (SSSR count). The van der Waals surface area contributed by atoms with E-state index in [9.17, 15) is 0 Å². The van der Waals surface area contributed by atoms with Crippen molar-refractivity contribution >= 4 is 5.69 Å². The van der Waals surface area contributed by atoms with Gasteiger partial charge in [0.05, 0.1) is 12.8 Å². The van der Waals surface area contributed by atoms with Crippen LogP contribution in [-0.2, 0) is 0 Å². The zero-order chi connectivity index (χ0) is 15.6. The van der Waals surface area contributed by atoms with Crippen LogP contribution in [0.25, 0.3) is 11.1 Å². The zero-order valence-electron chi connectivity index (χ0n) is 13.5. The third-order valence-corrected chi connectivity index (χ3v) is 5.28. The third-order valence-electron chi connectivity index (χ3n) is 5.28. The van der Waals surface area contributed by atoms with Gasteiger partial charge in [0.1, 0.15) is 5.75 Å². The van der Waals surface area contributed by atoms with Crippen LogP contribution in [0.2, 0.25) is 0 Å². The minimum absolute atomic E-state index is 0.759. The molecule has 1 N–H and O–H groups in total. The highest BCUT2D eigenvalue weighted by atomic mass is 16.5. The molecule has 0 heterocycles. The summed E-state index contributed by atoms with van der Waals surface area (Å²) >= 11 is 0. The average Bonchev–Trinajstić information content (AvgIpc) is 3.23. The largest absolute Gasteiger partial charge is 0.495 e. The number of methoxy groups -OCH3 is 1. The fourth-order valence-corrected chi connectivity index (χ4v) is 4.03. The second kappa shape index (κ2) is 6.11. The Kier molecular flexibility index (Phi) is 3.82.